The van der Waals surface area contributed by atoms with Crippen molar-refractivity contribution in [2.45, 2.75) is 31.7 Å². The van der Waals surface area contributed by atoms with E-state index in [-0.39, 0.29) is 23.3 Å². The molecular weight excluding hydrogens is 406 g/mol. The van der Waals surface area contributed by atoms with E-state index < -0.39 is 5.91 Å². The summed E-state index contributed by atoms with van der Waals surface area (Å²) in [5.74, 6) is -0.469. The number of aromatic nitrogens is 2. The third-order valence-corrected chi connectivity index (χ3v) is 5.60. The summed E-state index contributed by atoms with van der Waals surface area (Å²) in [6.07, 6.45) is 6.48. The second kappa shape index (κ2) is 8.81. The number of hydrogen-bond acceptors (Lipinski definition) is 6. The minimum atomic E-state index is -0.531. The predicted octanol–water partition coefficient (Wildman–Crippen LogP) is 3.85. The fraction of sp³-hybridized carbons (Fsp3) is 0.333. The maximum absolute atomic E-state index is 12.9. The molecule has 9 heteroatoms. The molecule has 0 atom stereocenters. The Bertz CT molecular complexity index is 1060. The molecule has 0 radical (unpaired) electrons. The van der Waals surface area contributed by atoms with Gasteiger partial charge in [0.25, 0.3) is 5.91 Å². The number of carbonyl (C=O) groups is 2. The number of amides is 2. The molecule has 1 aliphatic rings. The molecule has 3 aromatic heterocycles. The van der Waals surface area contributed by atoms with E-state index >= 15 is 0 Å². The van der Waals surface area contributed by atoms with Crippen LogP contribution >= 0.6 is 11.6 Å². The van der Waals surface area contributed by atoms with Crippen molar-refractivity contribution in [2.75, 3.05) is 17.7 Å². The number of pyridine rings is 2. The number of fused-ring (bicyclic) bond motifs is 1. The van der Waals surface area contributed by atoms with Crippen LogP contribution in [0.4, 0.5) is 11.5 Å². The van der Waals surface area contributed by atoms with Gasteiger partial charge in [0, 0.05) is 24.4 Å². The van der Waals surface area contributed by atoms with Gasteiger partial charge in [0.15, 0.2) is 5.58 Å². The smallest absolute Gasteiger partial charge is 0.294 e. The van der Waals surface area contributed by atoms with Crippen LogP contribution in [-0.2, 0) is 4.79 Å². The standard InChI is InChI=1S/C21H22ClN5O3/c1-23-14-7-4-12(5-8-14)20(28)27-18-17-15(3-2-10-24-17)30-19(18)21(29)26-16-9-6-13(22)11-25-16/h2-3,6,9-12,14,23H,4-5,7-8H2,1H3,(H,27,28)(H,25,26,29)/t12-,14-. The number of furan rings is 1. The van der Waals surface area contributed by atoms with Gasteiger partial charge in [-0.1, -0.05) is 11.6 Å². The lowest BCUT2D eigenvalue weighted by molar-refractivity contribution is -0.120. The van der Waals surface area contributed by atoms with Gasteiger partial charge in [0.1, 0.15) is 17.0 Å². The molecule has 8 nitrogen and oxygen atoms in total. The van der Waals surface area contributed by atoms with Crippen molar-refractivity contribution in [1.29, 1.82) is 0 Å². The first-order valence-corrected chi connectivity index (χ1v) is 10.2. The molecule has 0 spiro atoms. The molecular formula is C21H22ClN5O3. The fourth-order valence-corrected chi connectivity index (χ4v) is 3.81. The molecule has 30 heavy (non-hydrogen) atoms. The highest BCUT2D eigenvalue weighted by Gasteiger charge is 2.29. The van der Waals surface area contributed by atoms with E-state index in [0.717, 1.165) is 25.7 Å². The second-order valence-electron chi connectivity index (χ2n) is 7.30. The van der Waals surface area contributed by atoms with Crippen molar-refractivity contribution in [3.05, 3.63) is 47.4 Å². The Morgan fingerprint density at radius 3 is 2.60 bits per heavy atom. The van der Waals surface area contributed by atoms with Gasteiger partial charge in [-0.3, -0.25) is 14.6 Å². The molecule has 1 saturated carbocycles. The molecule has 0 unspecified atom stereocenters. The third-order valence-electron chi connectivity index (χ3n) is 5.38. The largest absolute Gasteiger partial charge is 0.447 e. The molecule has 4 rings (SSSR count). The minimum absolute atomic E-state index is 0.0160. The van der Waals surface area contributed by atoms with Gasteiger partial charge in [-0.2, -0.15) is 0 Å². The molecule has 156 valence electrons. The summed E-state index contributed by atoms with van der Waals surface area (Å²) in [6, 6.07) is 7.05. The van der Waals surface area contributed by atoms with E-state index in [4.69, 9.17) is 16.0 Å². The quantitative estimate of drug-likeness (QED) is 0.570. The molecule has 0 aliphatic heterocycles. The fourth-order valence-electron chi connectivity index (χ4n) is 3.70. The summed E-state index contributed by atoms with van der Waals surface area (Å²) in [7, 11) is 1.94. The van der Waals surface area contributed by atoms with E-state index in [1.165, 1.54) is 6.20 Å². The monoisotopic (exact) mass is 427 g/mol. The van der Waals surface area contributed by atoms with Gasteiger partial charge in [-0.05, 0) is 57.0 Å². The summed E-state index contributed by atoms with van der Waals surface area (Å²) >= 11 is 5.84. The average molecular weight is 428 g/mol. The van der Waals surface area contributed by atoms with Crippen LogP contribution in [0, 0.1) is 5.92 Å². The lowest BCUT2D eigenvalue weighted by atomic mass is 9.85. The van der Waals surface area contributed by atoms with Crippen LogP contribution < -0.4 is 16.0 Å². The Balaban J connectivity index is 1.58. The number of nitrogens with one attached hydrogen (secondary N) is 3. The molecule has 0 bridgehead atoms. The lowest BCUT2D eigenvalue weighted by Gasteiger charge is -2.27. The highest BCUT2D eigenvalue weighted by molar-refractivity contribution is 6.30. The van der Waals surface area contributed by atoms with E-state index in [2.05, 4.69) is 25.9 Å². The molecule has 3 N–H and O–H groups in total. The van der Waals surface area contributed by atoms with E-state index in [1.807, 2.05) is 7.05 Å². The van der Waals surface area contributed by atoms with Gasteiger partial charge in [-0.15, -0.1) is 0 Å². The topological polar surface area (TPSA) is 109 Å². The van der Waals surface area contributed by atoms with Crippen LogP contribution in [0.25, 0.3) is 11.1 Å². The van der Waals surface area contributed by atoms with E-state index in [1.54, 1.807) is 30.5 Å². The van der Waals surface area contributed by atoms with E-state index in [9.17, 15) is 9.59 Å². The zero-order chi connectivity index (χ0) is 21.1. The van der Waals surface area contributed by atoms with Crippen LogP contribution in [0.1, 0.15) is 36.2 Å². The third kappa shape index (κ3) is 4.29. The Labute approximate surface area is 178 Å². The maximum atomic E-state index is 12.9. The number of nitrogens with zero attached hydrogens (tertiary/aromatic N) is 2. The minimum Gasteiger partial charge on any atom is -0.447 e. The first kappa shape index (κ1) is 20.3. The molecule has 2 amide bonds. The van der Waals surface area contributed by atoms with Crippen molar-refractivity contribution in [2.24, 2.45) is 5.92 Å². The lowest BCUT2D eigenvalue weighted by Crippen LogP contribution is -2.34. The Hall–Kier alpha value is -2.97. The molecule has 0 aromatic carbocycles. The van der Waals surface area contributed by atoms with Crippen LogP contribution in [0.15, 0.2) is 41.1 Å². The van der Waals surface area contributed by atoms with Crippen LogP contribution in [0.5, 0.6) is 0 Å². The highest BCUT2D eigenvalue weighted by atomic mass is 35.5. The van der Waals surface area contributed by atoms with Gasteiger partial charge in [0.05, 0.1) is 5.02 Å². The predicted molar refractivity (Wildman–Crippen MR) is 115 cm³/mol. The van der Waals surface area contributed by atoms with Crippen molar-refractivity contribution >= 4 is 46.0 Å². The molecule has 1 aliphatic carbocycles. The Morgan fingerprint density at radius 1 is 1.10 bits per heavy atom. The van der Waals surface area contributed by atoms with Crippen molar-refractivity contribution in [3.63, 3.8) is 0 Å². The van der Waals surface area contributed by atoms with Crippen molar-refractivity contribution in [3.8, 4) is 0 Å². The van der Waals surface area contributed by atoms with Crippen LogP contribution in [-0.4, -0.2) is 34.9 Å². The first-order chi connectivity index (χ1) is 14.5. The molecule has 1 fully saturated rings. The number of rotatable bonds is 5. The Kier molecular flexibility index (Phi) is 5.96. The maximum Gasteiger partial charge on any atom is 0.294 e. The van der Waals surface area contributed by atoms with Crippen molar-refractivity contribution < 1.29 is 14.0 Å². The number of hydrogen-bond donors (Lipinski definition) is 3. The number of anilines is 2. The first-order valence-electron chi connectivity index (χ1n) is 9.83. The highest BCUT2D eigenvalue weighted by Crippen LogP contribution is 2.32. The van der Waals surface area contributed by atoms with Gasteiger partial charge < -0.3 is 20.4 Å². The molecule has 0 saturated heterocycles. The summed E-state index contributed by atoms with van der Waals surface area (Å²) in [5.41, 5.74) is 1.13. The summed E-state index contributed by atoms with van der Waals surface area (Å²) < 4.78 is 5.73. The number of halogens is 1. The molecule has 3 heterocycles. The average Bonchev–Trinajstić information content (AvgIpc) is 3.14. The zero-order valence-corrected chi connectivity index (χ0v) is 17.2. The second-order valence-corrected chi connectivity index (χ2v) is 7.74. The van der Waals surface area contributed by atoms with Gasteiger partial charge >= 0.3 is 0 Å². The summed E-state index contributed by atoms with van der Waals surface area (Å²) in [5, 5.41) is 9.28. The van der Waals surface area contributed by atoms with E-state index in [0.29, 0.717) is 28.0 Å². The van der Waals surface area contributed by atoms with Crippen LogP contribution in [0.2, 0.25) is 5.02 Å². The van der Waals surface area contributed by atoms with Crippen LogP contribution in [0.3, 0.4) is 0 Å². The van der Waals surface area contributed by atoms with Crippen molar-refractivity contribution in [1.82, 2.24) is 15.3 Å². The van der Waals surface area contributed by atoms with Gasteiger partial charge in [-0.25, -0.2) is 4.98 Å². The van der Waals surface area contributed by atoms with Gasteiger partial charge in [0.2, 0.25) is 11.7 Å². The Morgan fingerprint density at radius 2 is 1.90 bits per heavy atom. The summed E-state index contributed by atoms with van der Waals surface area (Å²) in [4.78, 5) is 34.1. The summed E-state index contributed by atoms with van der Waals surface area (Å²) in [6.45, 7) is 0. The zero-order valence-electron chi connectivity index (χ0n) is 16.4. The normalized spacial score (nSPS) is 18.9. The molecule has 3 aromatic rings. The SMILES string of the molecule is CN[C@H]1CC[C@H](C(=O)Nc2c(C(=O)Nc3ccc(Cl)cn3)oc3cccnc23)CC1. The number of carbonyl (C=O) groups excluding carboxylic acids is 2.